The van der Waals surface area contributed by atoms with Crippen molar-refractivity contribution in [2.24, 2.45) is 0 Å². The van der Waals surface area contributed by atoms with E-state index in [4.69, 9.17) is 14.0 Å². The number of aryl methyl sites for hydroxylation is 1. The summed E-state index contributed by atoms with van der Waals surface area (Å²) in [5, 5.41) is 8.75. The van der Waals surface area contributed by atoms with Crippen LogP contribution in [-0.2, 0) is 9.59 Å². The van der Waals surface area contributed by atoms with E-state index in [2.05, 4.69) is 15.8 Å². The molecule has 2 heterocycles. The van der Waals surface area contributed by atoms with Gasteiger partial charge in [0, 0.05) is 6.07 Å². The van der Waals surface area contributed by atoms with Crippen LogP contribution in [0.5, 0.6) is 11.5 Å². The Morgan fingerprint density at radius 3 is 2.85 bits per heavy atom. The molecule has 0 bridgehead atoms. The van der Waals surface area contributed by atoms with Gasteiger partial charge in [-0.2, -0.15) is 0 Å². The monoisotopic (exact) mass is 391 g/mol. The number of para-hydroxylation sites is 2. The highest BCUT2D eigenvalue weighted by molar-refractivity contribution is 8.01. The van der Waals surface area contributed by atoms with Crippen LogP contribution in [0.25, 0.3) is 0 Å². The first kappa shape index (κ1) is 19.1. The van der Waals surface area contributed by atoms with Crippen molar-refractivity contribution in [1.29, 1.82) is 0 Å². The highest BCUT2D eigenvalue weighted by atomic mass is 32.2. The molecule has 0 spiro atoms. The molecule has 0 aliphatic carbocycles. The Balaban J connectivity index is 1.36. The van der Waals surface area contributed by atoms with Gasteiger partial charge in [0.1, 0.15) is 18.5 Å². The molecule has 0 unspecified atom stereocenters. The fourth-order valence-electron chi connectivity index (χ4n) is 2.37. The summed E-state index contributed by atoms with van der Waals surface area (Å²) in [4.78, 5) is 24.1. The van der Waals surface area contributed by atoms with Gasteiger partial charge >= 0.3 is 0 Å². The largest absolute Gasteiger partial charge is 0.486 e. The topological polar surface area (TPSA) is 103 Å². The summed E-state index contributed by atoms with van der Waals surface area (Å²) in [6.45, 7) is 4.19. The molecule has 0 saturated carbocycles. The molecular formula is C18H21N3O5S. The van der Waals surface area contributed by atoms with E-state index < -0.39 is 5.25 Å². The second-order valence-electron chi connectivity index (χ2n) is 6.07. The molecule has 9 heteroatoms. The number of hydrogen-bond acceptors (Lipinski definition) is 7. The van der Waals surface area contributed by atoms with Gasteiger partial charge in [0.25, 0.3) is 0 Å². The number of nitrogens with zero attached hydrogens (tertiary/aromatic N) is 1. The van der Waals surface area contributed by atoms with Crippen LogP contribution in [-0.4, -0.2) is 47.2 Å². The van der Waals surface area contributed by atoms with Crippen LogP contribution in [0, 0.1) is 6.92 Å². The third-order valence-electron chi connectivity index (χ3n) is 3.81. The van der Waals surface area contributed by atoms with Gasteiger partial charge in [-0.3, -0.25) is 9.59 Å². The van der Waals surface area contributed by atoms with Gasteiger partial charge in [-0.1, -0.05) is 17.3 Å². The molecule has 0 saturated heterocycles. The summed E-state index contributed by atoms with van der Waals surface area (Å²) >= 11 is 1.24. The van der Waals surface area contributed by atoms with E-state index in [-0.39, 0.29) is 23.7 Å². The second kappa shape index (κ2) is 8.81. The average Bonchev–Trinajstić information content (AvgIpc) is 3.08. The van der Waals surface area contributed by atoms with Crippen LogP contribution >= 0.6 is 11.8 Å². The number of nitrogens with one attached hydrogen (secondary N) is 2. The zero-order valence-electron chi connectivity index (χ0n) is 15.1. The summed E-state index contributed by atoms with van der Waals surface area (Å²) < 4.78 is 16.3. The van der Waals surface area contributed by atoms with Crippen LogP contribution in [0.1, 0.15) is 12.7 Å². The van der Waals surface area contributed by atoms with Crippen LogP contribution in [0.3, 0.4) is 0 Å². The lowest BCUT2D eigenvalue weighted by Gasteiger charge is -2.26. The van der Waals surface area contributed by atoms with E-state index in [0.29, 0.717) is 36.2 Å². The summed E-state index contributed by atoms with van der Waals surface area (Å²) in [7, 11) is 0. The quantitative estimate of drug-likeness (QED) is 0.744. The number of benzene rings is 1. The summed E-state index contributed by atoms with van der Waals surface area (Å²) in [5.41, 5.74) is 0. The highest BCUT2D eigenvalue weighted by Crippen LogP contribution is 2.30. The molecule has 1 aliphatic rings. The Labute approximate surface area is 161 Å². The summed E-state index contributed by atoms with van der Waals surface area (Å²) in [6.07, 6.45) is -0.245. The lowest BCUT2D eigenvalue weighted by molar-refractivity contribution is -0.119. The molecule has 3 rings (SSSR count). The third-order valence-corrected chi connectivity index (χ3v) is 4.95. The van der Waals surface area contributed by atoms with Gasteiger partial charge in [-0.25, -0.2) is 0 Å². The van der Waals surface area contributed by atoms with E-state index in [1.165, 1.54) is 11.8 Å². The molecule has 2 aromatic rings. The molecule has 2 atom stereocenters. The fourth-order valence-corrected chi connectivity index (χ4v) is 3.09. The van der Waals surface area contributed by atoms with E-state index in [1.54, 1.807) is 19.9 Å². The Kier molecular flexibility index (Phi) is 6.23. The van der Waals surface area contributed by atoms with Crippen molar-refractivity contribution < 1.29 is 23.6 Å². The molecule has 0 radical (unpaired) electrons. The van der Waals surface area contributed by atoms with Crippen molar-refractivity contribution in [2.75, 3.05) is 24.2 Å². The highest BCUT2D eigenvalue weighted by Gasteiger charge is 2.22. The van der Waals surface area contributed by atoms with E-state index in [9.17, 15) is 9.59 Å². The predicted octanol–water partition coefficient (Wildman–Crippen LogP) is 2.00. The first-order chi connectivity index (χ1) is 13.0. The van der Waals surface area contributed by atoms with Gasteiger partial charge in [0.2, 0.25) is 11.8 Å². The molecule has 27 heavy (non-hydrogen) atoms. The standard InChI is InChI=1S/C18H21N3O5S/c1-11-7-16(21-26-11)20-18(23)12(2)27-10-17(22)19-8-13-9-24-14-5-3-4-6-15(14)25-13/h3-7,12-13H,8-10H2,1-2H3,(H,19,22)(H,20,21,23)/t12-,13-/m0/s1. The number of amides is 2. The summed E-state index contributed by atoms with van der Waals surface area (Å²) in [6, 6.07) is 9.05. The van der Waals surface area contributed by atoms with Crippen LogP contribution in [0.15, 0.2) is 34.9 Å². The Morgan fingerprint density at radius 1 is 1.33 bits per heavy atom. The van der Waals surface area contributed by atoms with Crippen LogP contribution in [0.4, 0.5) is 5.82 Å². The minimum atomic E-state index is -0.408. The van der Waals surface area contributed by atoms with E-state index in [0.717, 1.165) is 0 Å². The first-order valence-corrected chi connectivity index (χ1v) is 9.57. The maximum Gasteiger partial charge on any atom is 0.238 e. The zero-order valence-corrected chi connectivity index (χ0v) is 15.9. The maximum absolute atomic E-state index is 12.1. The van der Waals surface area contributed by atoms with Crippen LogP contribution in [0.2, 0.25) is 0 Å². The zero-order chi connectivity index (χ0) is 19.2. The van der Waals surface area contributed by atoms with Crippen molar-refractivity contribution in [3.05, 3.63) is 36.1 Å². The number of carbonyl (C=O) groups excluding carboxylic acids is 2. The van der Waals surface area contributed by atoms with Crippen molar-refractivity contribution >= 4 is 29.4 Å². The molecule has 1 aliphatic heterocycles. The molecule has 0 fully saturated rings. The average molecular weight is 391 g/mol. The van der Waals surface area contributed by atoms with Crippen molar-refractivity contribution in [3.8, 4) is 11.5 Å². The SMILES string of the molecule is Cc1cc(NC(=O)[C@H](C)SCC(=O)NC[C@H]2COc3ccccc3O2)no1. The summed E-state index contributed by atoms with van der Waals surface area (Å²) in [5.74, 6) is 2.12. The Bertz CT molecular complexity index is 810. The minimum Gasteiger partial charge on any atom is -0.486 e. The fraction of sp³-hybridized carbons (Fsp3) is 0.389. The van der Waals surface area contributed by atoms with Gasteiger partial charge in [0.15, 0.2) is 17.3 Å². The lowest BCUT2D eigenvalue weighted by Crippen LogP contribution is -2.41. The number of rotatable bonds is 7. The normalized spacial score (nSPS) is 16.4. The maximum atomic E-state index is 12.1. The number of aromatic nitrogens is 1. The molecule has 8 nitrogen and oxygen atoms in total. The van der Waals surface area contributed by atoms with Crippen LogP contribution < -0.4 is 20.1 Å². The molecule has 1 aromatic carbocycles. The number of carbonyl (C=O) groups is 2. The molecule has 2 amide bonds. The first-order valence-electron chi connectivity index (χ1n) is 8.52. The third kappa shape index (κ3) is 5.40. The molecular weight excluding hydrogens is 370 g/mol. The predicted molar refractivity (Wildman–Crippen MR) is 101 cm³/mol. The van der Waals surface area contributed by atoms with Gasteiger partial charge in [-0.05, 0) is 26.0 Å². The van der Waals surface area contributed by atoms with Gasteiger partial charge in [0.05, 0.1) is 17.5 Å². The molecule has 1 aromatic heterocycles. The molecule has 144 valence electrons. The second-order valence-corrected chi connectivity index (χ2v) is 7.40. The minimum absolute atomic E-state index is 0.163. The van der Waals surface area contributed by atoms with E-state index >= 15 is 0 Å². The Hall–Kier alpha value is -2.68. The smallest absolute Gasteiger partial charge is 0.238 e. The number of ether oxygens (including phenoxy) is 2. The number of thioether (sulfide) groups is 1. The van der Waals surface area contributed by atoms with Crippen molar-refractivity contribution in [3.63, 3.8) is 0 Å². The lowest BCUT2D eigenvalue weighted by atomic mass is 10.2. The van der Waals surface area contributed by atoms with E-state index in [1.807, 2.05) is 24.3 Å². The number of anilines is 1. The van der Waals surface area contributed by atoms with Gasteiger partial charge in [-0.15, -0.1) is 11.8 Å². The molecule has 2 N–H and O–H groups in total. The van der Waals surface area contributed by atoms with Crippen molar-refractivity contribution in [1.82, 2.24) is 10.5 Å². The Morgan fingerprint density at radius 2 is 2.11 bits per heavy atom. The van der Waals surface area contributed by atoms with Gasteiger partial charge < -0.3 is 24.6 Å². The number of hydrogen-bond donors (Lipinski definition) is 2. The van der Waals surface area contributed by atoms with Crippen molar-refractivity contribution in [2.45, 2.75) is 25.2 Å². The number of fused-ring (bicyclic) bond motifs is 1.